The van der Waals surface area contributed by atoms with Crippen LogP contribution in [-0.2, 0) is 20.7 Å². The van der Waals surface area contributed by atoms with Crippen LogP contribution in [-0.4, -0.2) is 31.6 Å². The number of amides is 1. The fourth-order valence-electron chi connectivity index (χ4n) is 2.21. The smallest absolute Gasteiger partial charge is 0.330 e. The molecule has 1 amide bonds. The van der Waals surface area contributed by atoms with Crippen LogP contribution in [0.1, 0.15) is 19.4 Å². The maximum absolute atomic E-state index is 11.6. The summed E-state index contributed by atoms with van der Waals surface area (Å²) < 4.78 is 4.75. The average Bonchev–Trinajstić information content (AvgIpc) is 2.63. The highest BCUT2D eigenvalue weighted by molar-refractivity contribution is 6.01. The van der Waals surface area contributed by atoms with E-state index in [0.717, 1.165) is 16.9 Å². The predicted molar refractivity (Wildman–Crippen MR) is 73.3 cm³/mol. The van der Waals surface area contributed by atoms with Crippen molar-refractivity contribution in [2.45, 2.75) is 25.8 Å². The van der Waals surface area contributed by atoms with E-state index in [0.29, 0.717) is 6.42 Å². The largest absolute Gasteiger partial charge is 0.467 e. The zero-order valence-corrected chi connectivity index (χ0v) is 11.6. The Hall–Kier alpha value is -2.04. The molecule has 0 unspecified atom stereocenters. The van der Waals surface area contributed by atoms with Crippen molar-refractivity contribution < 1.29 is 14.3 Å². The van der Waals surface area contributed by atoms with Crippen LogP contribution in [0.2, 0.25) is 0 Å². The Morgan fingerprint density at radius 1 is 1.42 bits per heavy atom. The summed E-state index contributed by atoms with van der Waals surface area (Å²) in [5.74, 6) is -0.249. The number of hydrogen-bond donors (Lipinski definition) is 1. The van der Waals surface area contributed by atoms with Gasteiger partial charge in [0.1, 0.15) is 5.54 Å². The number of carbonyl (C=O) groups is 2. The van der Waals surface area contributed by atoms with Crippen molar-refractivity contribution in [3.05, 3.63) is 23.8 Å². The van der Waals surface area contributed by atoms with Gasteiger partial charge in [-0.3, -0.25) is 4.79 Å². The van der Waals surface area contributed by atoms with Gasteiger partial charge in [-0.1, -0.05) is 0 Å². The van der Waals surface area contributed by atoms with Crippen molar-refractivity contribution in [3.8, 4) is 0 Å². The van der Waals surface area contributed by atoms with Gasteiger partial charge in [0.15, 0.2) is 0 Å². The van der Waals surface area contributed by atoms with E-state index in [1.807, 2.05) is 18.2 Å². The summed E-state index contributed by atoms with van der Waals surface area (Å²) in [6.45, 7) is 3.51. The van der Waals surface area contributed by atoms with Gasteiger partial charge in [0.2, 0.25) is 5.91 Å². The molecule has 0 saturated carbocycles. The van der Waals surface area contributed by atoms with Gasteiger partial charge in [-0.25, -0.2) is 4.79 Å². The molecule has 0 atom stereocenters. The first-order valence-electron chi connectivity index (χ1n) is 6.11. The molecule has 1 N–H and O–H groups in total. The van der Waals surface area contributed by atoms with Gasteiger partial charge in [-0.05, 0) is 37.6 Å². The molecular formula is C14H18N2O3. The zero-order chi connectivity index (χ0) is 14.2. The Morgan fingerprint density at radius 2 is 2.11 bits per heavy atom. The number of anilines is 2. The molecule has 0 bridgehead atoms. The van der Waals surface area contributed by atoms with E-state index >= 15 is 0 Å². The van der Waals surface area contributed by atoms with Crippen LogP contribution >= 0.6 is 0 Å². The van der Waals surface area contributed by atoms with Crippen LogP contribution in [0.15, 0.2) is 18.2 Å². The lowest BCUT2D eigenvalue weighted by Gasteiger charge is -2.24. The minimum absolute atomic E-state index is 0.0828. The molecule has 1 aromatic rings. The molecule has 19 heavy (non-hydrogen) atoms. The normalized spacial score (nSPS) is 14.3. The molecule has 1 aromatic carbocycles. The lowest BCUT2D eigenvalue weighted by atomic mass is 10.0. The second-order valence-electron chi connectivity index (χ2n) is 5.21. The lowest BCUT2D eigenvalue weighted by Crippen LogP contribution is -2.41. The van der Waals surface area contributed by atoms with Crippen LogP contribution in [0.3, 0.4) is 0 Å². The zero-order valence-electron chi connectivity index (χ0n) is 11.6. The highest BCUT2D eigenvalue weighted by atomic mass is 16.5. The summed E-state index contributed by atoms with van der Waals surface area (Å²) in [7, 11) is 3.13. The van der Waals surface area contributed by atoms with Crippen molar-refractivity contribution >= 4 is 23.3 Å². The summed E-state index contributed by atoms with van der Waals surface area (Å²) >= 11 is 0. The monoisotopic (exact) mass is 262 g/mol. The quantitative estimate of drug-likeness (QED) is 0.840. The van der Waals surface area contributed by atoms with Gasteiger partial charge in [0.25, 0.3) is 0 Å². The van der Waals surface area contributed by atoms with E-state index in [1.165, 1.54) is 7.11 Å². The van der Waals surface area contributed by atoms with Gasteiger partial charge in [-0.15, -0.1) is 0 Å². The van der Waals surface area contributed by atoms with Crippen molar-refractivity contribution in [3.63, 3.8) is 0 Å². The second kappa shape index (κ2) is 4.57. The molecule has 0 aliphatic carbocycles. The minimum atomic E-state index is -0.808. The van der Waals surface area contributed by atoms with Crippen LogP contribution < -0.4 is 10.2 Å². The Balaban J connectivity index is 2.23. The van der Waals surface area contributed by atoms with Crippen molar-refractivity contribution in [2.75, 3.05) is 24.4 Å². The number of nitrogens with zero attached hydrogens (tertiary/aromatic N) is 1. The molecule has 1 heterocycles. The summed E-state index contributed by atoms with van der Waals surface area (Å²) in [5, 5.41) is 3.12. The second-order valence-corrected chi connectivity index (χ2v) is 5.21. The number of esters is 1. The maximum atomic E-state index is 11.6. The maximum Gasteiger partial charge on any atom is 0.330 e. The highest BCUT2D eigenvalue weighted by Crippen LogP contribution is 2.30. The van der Waals surface area contributed by atoms with Gasteiger partial charge >= 0.3 is 5.97 Å². The Bertz CT molecular complexity index is 537. The summed E-state index contributed by atoms with van der Waals surface area (Å²) in [5.41, 5.74) is 1.89. The van der Waals surface area contributed by atoms with Crippen molar-refractivity contribution in [1.29, 1.82) is 0 Å². The highest BCUT2D eigenvalue weighted by Gasteiger charge is 2.29. The molecule has 0 radical (unpaired) electrons. The number of methoxy groups -OCH3 is 1. The molecule has 0 spiro atoms. The molecule has 102 valence electrons. The van der Waals surface area contributed by atoms with E-state index in [4.69, 9.17) is 4.74 Å². The van der Waals surface area contributed by atoms with Crippen LogP contribution in [0.5, 0.6) is 0 Å². The molecule has 2 rings (SSSR count). The third-order valence-corrected chi connectivity index (χ3v) is 3.31. The third-order valence-electron chi connectivity index (χ3n) is 3.31. The molecule has 1 aliphatic heterocycles. The fraction of sp³-hybridized carbons (Fsp3) is 0.429. The van der Waals surface area contributed by atoms with E-state index in [2.05, 4.69) is 5.32 Å². The SMILES string of the molecule is COC(=O)C(C)(C)Nc1ccc2c(c1)CC(=O)N2C. The predicted octanol–water partition coefficient (Wildman–Crippen LogP) is 1.57. The standard InChI is InChI=1S/C14H18N2O3/c1-14(2,13(18)19-4)15-10-5-6-11-9(7-10)8-12(17)16(11)3/h5-7,15H,8H2,1-4H3. The molecule has 0 saturated heterocycles. The fourth-order valence-corrected chi connectivity index (χ4v) is 2.21. The van der Waals surface area contributed by atoms with Crippen LogP contribution in [0.25, 0.3) is 0 Å². The van der Waals surface area contributed by atoms with Crippen molar-refractivity contribution in [1.82, 2.24) is 0 Å². The van der Waals surface area contributed by atoms with Gasteiger partial charge < -0.3 is 15.0 Å². The number of fused-ring (bicyclic) bond motifs is 1. The van der Waals surface area contributed by atoms with E-state index < -0.39 is 5.54 Å². The first-order chi connectivity index (χ1) is 8.85. The first-order valence-corrected chi connectivity index (χ1v) is 6.11. The van der Waals surface area contributed by atoms with Crippen LogP contribution in [0.4, 0.5) is 11.4 Å². The molecule has 0 fully saturated rings. The Labute approximate surface area is 112 Å². The Morgan fingerprint density at radius 3 is 2.74 bits per heavy atom. The number of carbonyl (C=O) groups excluding carboxylic acids is 2. The summed E-state index contributed by atoms with van der Waals surface area (Å²) in [6.07, 6.45) is 0.403. The molecular weight excluding hydrogens is 244 g/mol. The minimum Gasteiger partial charge on any atom is -0.467 e. The topological polar surface area (TPSA) is 58.6 Å². The van der Waals surface area contributed by atoms with E-state index in [9.17, 15) is 9.59 Å². The molecule has 5 nitrogen and oxygen atoms in total. The number of benzene rings is 1. The number of hydrogen-bond acceptors (Lipinski definition) is 4. The number of nitrogens with one attached hydrogen (secondary N) is 1. The summed E-state index contributed by atoms with van der Waals surface area (Å²) in [4.78, 5) is 24.9. The molecule has 1 aliphatic rings. The number of likely N-dealkylation sites (N-methyl/N-ethyl adjacent to an activating group) is 1. The van der Waals surface area contributed by atoms with Crippen molar-refractivity contribution in [2.24, 2.45) is 0 Å². The average molecular weight is 262 g/mol. The molecule has 0 aromatic heterocycles. The first kappa shape index (κ1) is 13.4. The van der Waals surface area contributed by atoms with E-state index in [-0.39, 0.29) is 11.9 Å². The van der Waals surface area contributed by atoms with E-state index in [1.54, 1.807) is 25.8 Å². The lowest BCUT2D eigenvalue weighted by molar-refractivity contribution is -0.144. The number of ether oxygens (including phenoxy) is 1. The van der Waals surface area contributed by atoms with Crippen LogP contribution in [0, 0.1) is 0 Å². The van der Waals surface area contributed by atoms with Gasteiger partial charge in [0, 0.05) is 18.4 Å². The molecule has 5 heteroatoms. The van der Waals surface area contributed by atoms with Gasteiger partial charge in [0.05, 0.1) is 13.5 Å². The number of rotatable bonds is 3. The summed E-state index contributed by atoms with van der Waals surface area (Å²) in [6, 6.07) is 5.65. The Kier molecular flexibility index (Phi) is 3.22. The van der Waals surface area contributed by atoms with Gasteiger partial charge in [-0.2, -0.15) is 0 Å². The third kappa shape index (κ3) is 2.41.